The van der Waals surface area contributed by atoms with E-state index in [2.05, 4.69) is 10.5 Å². The second-order valence-electron chi connectivity index (χ2n) is 6.79. The number of ether oxygens (including phenoxy) is 1. The van der Waals surface area contributed by atoms with Gasteiger partial charge < -0.3 is 10.5 Å². The highest BCUT2D eigenvalue weighted by Crippen LogP contribution is 2.27. The van der Waals surface area contributed by atoms with Gasteiger partial charge in [0.1, 0.15) is 11.8 Å². The van der Waals surface area contributed by atoms with Crippen LogP contribution in [0.15, 0.2) is 58.5 Å². The van der Waals surface area contributed by atoms with Crippen molar-refractivity contribution >= 4 is 39.7 Å². The van der Waals surface area contributed by atoms with Gasteiger partial charge in [-0.15, -0.1) is 0 Å². The number of carbonyl (C=O) groups is 2. The fourth-order valence-corrected chi connectivity index (χ4v) is 4.86. The summed E-state index contributed by atoms with van der Waals surface area (Å²) in [4.78, 5) is 23.4. The molecule has 31 heavy (non-hydrogen) atoms. The van der Waals surface area contributed by atoms with Crippen LogP contribution < -0.4 is 15.9 Å². The fraction of sp³-hybridized carbons (Fsp3) is 0.250. The highest BCUT2D eigenvalue weighted by molar-refractivity contribution is 7.89. The molecule has 1 saturated heterocycles. The normalized spacial score (nSPS) is 17.0. The van der Waals surface area contributed by atoms with Gasteiger partial charge in [0.2, 0.25) is 10.0 Å². The summed E-state index contributed by atoms with van der Waals surface area (Å²) >= 11 is 5.83. The van der Waals surface area contributed by atoms with E-state index in [1.165, 1.54) is 34.8 Å². The van der Waals surface area contributed by atoms with Crippen LogP contribution in [0.4, 0.5) is 0 Å². The van der Waals surface area contributed by atoms with E-state index in [4.69, 9.17) is 22.1 Å². The van der Waals surface area contributed by atoms with Crippen LogP contribution in [0, 0.1) is 0 Å². The molecule has 1 fully saturated rings. The summed E-state index contributed by atoms with van der Waals surface area (Å²) in [6, 6.07) is 11.6. The van der Waals surface area contributed by atoms with Crippen LogP contribution in [-0.2, 0) is 19.6 Å². The third-order valence-electron chi connectivity index (χ3n) is 4.58. The molecule has 3 rings (SSSR count). The van der Waals surface area contributed by atoms with Crippen molar-refractivity contribution < 1.29 is 22.7 Å². The fourth-order valence-electron chi connectivity index (χ4n) is 3.08. The van der Waals surface area contributed by atoms with Crippen molar-refractivity contribution in [1.82, 2.24) is 9.73 Å². The van der Waals surface area contributed by atoms with Gasteiger partial charge in [-0.05, 0) is 66.9 Å². The summed E-state index contributed by atoms with van der Waals surface area (Å²) in [6.45, 7) is 0.0276. The van der Waals surface area contributed by atoms with Crippen LogP contribution in [-0.4, -0.2) is 49.9 Å². The van der Waals surface area contributed by atoms with E-state index in [-0.39, 0.29) is 18.0 Å². The van der Waals surface area contributed by atoms with E-state index in [1.807, 2.05) is 0 Å². The molecule has 0 saturated carbocycles. The number of nitrogens with zero attached hydrogens (tertiary/aromatic N) is 2. The van der Waals surface area contributed by atoms with Crippen LogP contribution in [0.5, 0.6) is 5.75 Å². The topological polar surface area (TPSA) is 131 Å². The number of nitrogens with one attached hydrogen (secondary N) is 1. The Hall–Kier alpha value is -2.95. The SMILES string of the molecule is NC(=O)COc1ccc(/C=N\NC(=O)[C@H]2CCCN2S(=O)(=O)c2ccc(Cl)cc2)cc1. The molecule has 0 spiro atoms. The first-order valence-electron chi connectivity index (χ1n) is 9.39. The van der Waals surface area contributed by atoms with Crippen molar-refractivity contribution in [2.45, 2.75) is 23.8 Å². The predicted octanol–water partition coefficient (Wildman–Crippen LogP) is 1.51. The van der Waals surface area contributed by atoms with E-state index >= 15 is 0 Å². The molecule has 0 radical (unpaired) electrons. The summed E-state index contributed by atoms with van der Waals surface area (Å²) in [5, 5.41) is 4.34. The molecule has 0 unspecified atom stereocenters. The Bertz CT molecular complexity index is 1070. The largest absolute Gasteiger partial charge is 0.484 e. The molecule has 0 bridgehead atoms. The Labute approximate surface area is 184 Å². The van der Waals surface area contributed by atoms with Gasteiger partial charge in [0, 0.05) is 11.6 Å². The molecule has 1 heterocycles. The number of primary amides is 1. The van der Waals surface area contributed by atoms with Crippen LogP contribution in [0.3, 0.4) is 0 Å². The van der Waals surface area contributed by atoms with Crippen molar-refractivity contribution in [1.29, 1.82) is 0 Å². The van der Waals surface area contributed by atoms with Gasteiger partial charge in [-0.3, -0.25) is 9.59 Å². The van der Waals surface area contributed by atoms with Gasteiger partial charge >= 0.3 is 0 Å². The zero-order valence-electron chi connectivity index (χ0n) is 16.4. The predicted molar refractivity (Wildman–Crippen MR) is 115 cm³/mol. The Morgan fingerprint density at radius 3 is 2.52 bits per heavy atom. The number of halogens is 1. The number of carbonyl (C=O) groups excluding carboxylic acids is 2. The number of hydrogen-bond acceptors (Lipinski definition) is 6. The monoisotopic (exact) mass is 464 g/mol. The summed E-state index contributed by atoms with van der Waals surface area (Å²) in [7, 11) is -3.83. The van der Waals surface area contributed by atoms with Gasteiger partial charge in [-0.2, -0.15) is 9.41 Å². The van der Waals surface area contributed by atoms with E-state index < -0.39 is 27.9 Å². The maximum Gasteiger partial charge on any atom is 0.258 e. The third kappa shape index (κ3) is 5.81. The quantitative estimate of drug-likeness (QED) is 0.451. The lowest BCUT2D eigenvalue weighted by atomic mass is 10.2. The molecule has 1 atom stereocenters. The molecule has 0 aromatic heterocycles. The van der Waals surface area contributed by atoms with Gasteiger partial charge in [-0.25, -0.2) is 13.8 Å². The molecule has 9 nitrogen and oxygen atoms in total. The Morgan fingerprint density at radius 2 is 1.87 bits per heavy atom. The number of hydrogen-bond donors (Lipinski definition) is 2. The first kappa shape index (κ1) is 22.7. The van der Waals surface area contributed by atoms with Gasteiger partial charge in [0.15, 0.2) is 6.61 Å². The van der Waals surface area contributed by atoms with E-state index in [1.54, 1.807) is 24.3 Å². The highest BCUT2D eigenvalue weighted by Gasteiger charge is 2.39. The number of hydrazone groups is 1. The molecule has 1 aliphatic heterocycles. The molecule has 1 aliphatic rings. The maximum absolute atomic E-state index is 12.9. The van der Waals surface area contributed by atoms with Crippen molar-refractivity contribution in [2.75, 3.05) is 13.2 Å². The van der Waals surface area contributed by atoms with E-state index in [0.717, 1.165) is 0 Å². The summed E-state index contributed by atoms with van der Waals surface area (Å²) in [6.07, 6.45) is 2.39. The molecule has 164 valence electrons. The molecule has 3 N–H and O–H groups in total. The van der Waals surface area contributed by atoms with Crippen LogP contribution in [0.1, 0.15) is 18.4 Å². The smallest absolute Gasteiger partial charge is 0.258 e. The second-order valence-corrected chi connectivity index (χ2v) is 9.11. The van der Waals surface area contributed by atoms with E-state index in [9.17, 15) is 18.0 Å². The summed E-state index contributed by atoms with van der Waals surface area (Å²) in [5.41, 5.74) is 8.09. The van der Waals surface area contributed by atoms with Crippen molar-refractivity contribution in [3.8, 4) is 5.75 Å². The number of nitrogens with two attached hydrogens (primary N) is 1. The zero-order valence-corrected chi connectivity index (χ0v) is 18.0. The minimum absolute atomic E-state index is 0.0822. The molecule has 11 heteroatoms. The first-order chi connectivity index (χ1) is 14.8. The molecule has 0 aliphatic carbocycles. The average molecular weight is 465 g/mol. The van der Waals surface area contributed by atoms with Gasteiger partial charge in [-0.1, -0.05) is 11.6 Å². The molecular formula is C20H21ClN4O5S. The first-order valence-corrected chi connectivity index (χ1v) is 11.2. The molecule has 2 amide bonds. The van der Waals surface area contributed by atoms with Crippen LogP contribution >= 0.6 is 11.6 Å². The van der Waals surface area contributed by atoms with Crippen LogP contribution in [0.25, 0.3) is 0 Å². The van der Waals surface area contributed by atoms with Gasteiger partial charge in [0.05, 0.1) is 11.1 Å². The van der Waals surface area contributed by atoms with Crippen molar-refractivity contribution in [3.63, 3.8) is 0 Å². The van der Waals surface area contributed by atoms with Crippen LogP contribution in [0.2, 0.25) is 5.02 Å². The molecular weight excluding hydrogens is 444 g/mol. The third-order valence-corrected chi connectivity index (χ3v) is 6.75. The Morgan fingerprint density at radius 1 is 1.19 bits per heavy atom. The minimum atomic E-state index is -3.83. The average Bonchev–Trinajstić information content (AvgIpc) is 3.24. The lowest BCUT2D eigenvalue weighted by Crippen LogP contribution is -2.44. The zero-order chi connectivity index (χ0) is 22.4. The summed E-state index contributed by atoms with van der Waals surface area (Å²) in [5.74, 6) is -0.617. The molecule has 2 aromatic rings. The van der Waals surface area contributed by atoms with Crippen molar-refractivity contribution in [2.24, 2.45) is 10.8 Å². The Kier molecular flexibility index (Phi) is 7.26. The maximum atomic E-state index is 12.9. The van der Waals surface area contributed by atoms with Gasteiger partial charge in [0.25, 0.3) is 11.8 Å². The van der Waals surface area contributed by atoms with Crippen molar-refractivity contribution in [3.05, 3.63) is 59.1 Å². The van der Waals surface area contributed by atoms with E-state index in [0.29, 0.717) is 29.2 Å². The standard InChI is InChI=1S/C20H21ClN4O5S/c21-15-5-9-17(10-6-15)31(28,29)25-11-1-2-18(25)20(27)24-23-12-14-3-7-16(8-4-14)30-13-19(22)26/h3-10,12,18H,1-2,11,13H2,(H2,22,26)(H,24,27)/b23-12-/t18-/m1/s1. The number of sulfonamides is 1. The second kappa shape index (κ2) is 9.90. The number of amides is 2. The summed E-state index contributed by atoms with van der Waals surface area (Å²) < 4.78 is 32.2. The Balaban J connectivity index is 1.61. The molecule has 2 aromatic carbocycles. The highest BCUT2D eigenvalue weighted by atomic mass is 35.5. The number of rotatable bonds is 8. The lowest BCUT2D eigenvalue weighted by Gasteiger charge is -2.22. The number of benzene rings is 2. The minimum Gasteiger partial charge on any atom is -0.484 e. The lowest BCUT2D eigenvalue weighted by molar-refractivity contribution is -0.124.